The lowest BCUT2D eigenvalue weighted by atomic mass is 10.1. The third-order valence-corrected chi connectivity index (χ3v) is 6.61. The number of nitrogens with zero attached hydrogens (tertiary/aromatic N) is 1. The fourth-order valence-electron chi connectivity index (χ4n) is 2.72. The number of aromatic nitrogens is 1. The molecule has 1 heterocycles. The largest absolute Gasteiger partial charge is 0.466 e. The van der Waals surface area contributed by atoms with Crippen LogP contribution in [0.1, 0.15) is 62.2 Å². The van der Waals surface area contributed by atoms with Gasteiger partial charge in [0.15, 0.2) is 4.34 Å². The highest BCUT2D eigenvalue weighted by Crippen LogP contribution is 2.31. The second kappa shape index (κ2) is 10.1. The van der Waals surface area contributed by atoms with Gasteiger partial charge in [-0.15, -0.1) is 11.3 Å². The number of benzene rings is 1. The van der Waals surface area contributed by atoms with Crippen molar-refractivity contribution in [3.05, 3.63) is 23.8 Å². The summed E-state index contributed by atoms with van der Waals surface area (Å²) in [5.41, 5.74) is 1.60. The van der Waals surface area contributed by atoms with Crippen LogP contribution in [-0.2, 0) is 9.53 Å². The van der Waals surface area contributed by atoms with Gasteiger partial charge in [0.05, 0.1) is 16.8 Å². The van der Waals surface area contributed by atoms with Crippen molar-refractivity contribution in [3.63, 3.8) is 0 Å². The Bertz CT molecular complexity index is 787. The van der Waals surface area contributed by atoms with Crippen molar-refractivity contribution in [1.29, 1.82) is 0 Å². The minimum Gasteiger partial charge on any atom is -0.466 e. The molecule has 0 bridgehead atoms. The van der Waals surface area contributed by atoms with Crippen LogP contribution in [0.25, 0.3) is 10.2 Å². The minimum atomic E-state index is -0.0912. The Kier molecular flexibility index (Phi) is 7.52. The molecule has 146 valence electrons. The zero-order valence-electron chi connectivity index (χ0n) is 15.7. The maximum atomic E-state index is 12.2. The molecular weight excluding hydrogens is 380 g/mol. The summed E-state index contributed by atoms with van der Waals surface area (Å²) >= 11 is 3.45. The van der Waals surface area contributed by atoms with Crippen LogP contribution >= 0.6 is 23.1 Å². The molecule has 0 unspecified atom stereocenters. The molecular formula is C20H26N2O3S2. The molecule has 1 aromatic carbocycles. The second-order valence-corrected chi connectivity index (χ2v) is 9.10. The molecule has 0 aliphatic heterocycles. The molecule has 1 aliphatic rings. The molecule has 1 aliphatic carbocycles. The predicted octanol–water partition coefficient (Wildman–Crippen LogP) is 4.79. The van der Waals surface area contributed by atoms with E-state index < -0.39 is 0 Å². The number of amides is 1. The summed E-state index contributed by atoms with van der Waals surface area (Å²) in [6, 6.07) is 6.14. The average Bonchev–Trinajstić information content (AvgIpc) is 3.37. The maximum Gasteiger partial charge on any atom is 0.305 e. The summed E-state index contributed by atoms with van der Waals surface area (Å²) in [5, 5.41) is 3.02. The van der Waals surface area contributed by atoms with Gasteiger partial charge in [0.1, 0.15) is 0 Å². The van der Waals surface area contributed by atoms with Crippen molar-refractivity contribution in [1.82, 2.24) is 10.3 Å². The van der Waals surface area contributed by atoms with Gasteiger partial charge in [0, 0.05) is 23.8 Å². The molecule has 1 aromatic heterocycles. The first-order chi connectivity index (χ1) is 13.2. The third kappa shape index (κ3) is 6.50. The van der Waals surface area contributed by atoms with Gasteiger partial charge in [-0.25, -0.2) is 4.98 Å². The number of ether oxygens (including phenoxy) is 1. The number of carbonyl (C=O) groups is 2. The lowest BCUT2D eigenvalue weighted by Crippen LogP contribution is -2.25. The summed E-state index contributed by atoms with van der Waals surface area (Å²) < 4.78 is 7.10. The number of rotatable bonds is 11. The van der Waals surface area contributed by atoms with Crippen molar-refractivity contribution >= 4 is 45.2 Å². The zero-order chi connectivity index (χ0) is 19.1. The Morgan fingerprint density at radius 2 is 2.07 bits per heavy atom. The Morgan fingerprint density at radius 1 is 1.26 bits per heavy atom. The van der Waals surface area contributed by atoms with Crippen LogP contribution in [0.4, 0.5) is 0 Å². The molecule has 0 radical (unpaired) electrons. The number of hydrogen-bond donors (Lipinski definition) is 1. The van der Waals surface area contributed by atoms with Crippen molar-refractivity contribution in [2.45, 2.75) is 62.3 Å². The highest BCUT2D eigenvalue weighted by atomic mass is 32.2. The first kappa shape index (κ1) is 20.1. The molecule has 0 spiro atoms. The van der Waals surface area contributed by atoms with Crippen LogP contribution in [0.5, 0.6) is 0 Å². The number of nitrogens with one attached hydrogen (secondary N) is 1. The van der Waals surface area contributed by atoms with Crippen molar-refractivity contribution in [2.24, 2.45) is 0 Å². The first-order valence-corrected chi connectivity index (χ1v) is 11.5. The topological polar surface area (TPSA) is 68.3 Å². The van der Waals surface area contributed by atoms with Gasteiger partial charge in [-0.3, -0.25) is 9.59 Å². The van der Waals surface area contributed by atoms with Gasteiger partial charge < -0.3 is 10.1 Å². The molecule has 1 amide bonds. The third-order valence-electron chi connectivity index (χ3n) is 4.35. The summed E-state index contributed by atoms with van der Waals surface area (Å²) in [5.74, 6) is 0.935. The van der Waals surface area contributed by atoms with E-state index in [1.54, 1.807) is 23.1 Å². The van der Waals surface area contributed by atoms with Crippen molar-refractivity contribution < 1.29 is 14.3 Å². The van der Waals surface area contributed by atoms with E-state index in [2.05, 4.69) is 10.3 Å². The van der Waals surface area contributed by atoms with E-state index in [1.165, 1.54) is 0 Å². The number of hydrogen-bond acceptors (Lipinski definition) is 6. The summed E-state index contributed by atoms with van der Waals surface area (Å²) in [6.45, 7) is 2.30. The molecule has 0 atom stereocenters. The fraction of sp³-hybridized carbons (Fsp3) is 0.550. The number of thioether (sulfide) groups is 1. The summed E-state index contributed by atoms with van der Waals surface area (Å²) in [4.78, 5) is 28.1. The lowest BCUT2D eigenvalue weighted by molar-refractivity contribution is -0.143. The predicted molar refractivity (Wildman–Crippen MR) is 111 cm³/mol. The Hall–Kier alpha value is -1.60. The highest BCUT2D eigenvalue weighted by molar-refractivity contribution is 8.01. The van der Waals surface area contributed by atoms with E-state index in [9.17, 15) is 9.59 Å². The molecule has 3 rings (SSSR count). The Morgan fingerprint density at radius 3 is 2.85 bits per heavy atom. The number of fused-ring (bicyclic) bond motifs is 1. The molecule has 7 heteroatoms. The summed E-state index contributed by atoms with van der Waals surface area (Å²) in [6.07, 6.45) is 6.88. The van der Waals surface area contributed by atoms with Crippen LogP contribution in [0.15, 0.2) is 22.5 Å². The lowest BCUT2D eigenvalue weighted by Gasteiger charge is -2.02. The highest BCUT2D eigenvalue weighted by Gasteiger charge is 2.24. The van der Waals surface area contributed by atoms with Crippen LogP contribution in [0, 0.1) is 0 Å². The van der Waals surface area contributed by atoms with Gasteiger partial charge in [0.2, 0.25) is 0 Å². The van der Waals surface area contributed by atoms with E-state index in [0.29, 0.717) is 24.6 Å². The van der Waals surface area contributed by atoms with Gasteiger partial charge in [-0.1, -0.05) is 24.6 Å². The first-order valence-electron chi connectivity index (χ1n) is 9.65. The van der Waals surface area contributed by atoms with Crippen LogP contribution in [0.3, 0.4) is 0 Å². The van der Waals surface area contributed by atoms with Gasteiger partial charge >= 0.3 is 5.97 Å². The number of carbonyl (C=O) groups excluding carboxylic acids is 2. The number of esters is 1. The normalized spacial score (nSPS) is 13.7. The van der Waals surface area contributed by atoms with Gasteiger partial charge in [0.25, 0.3) is 5.91 Å². The van der Waals surface area contributed by atoms with Gasteiger partial charge in [-0.05, 0) is 50.8 Å². The average molecular weight is 407 g/mol. The summed E-state index contributed by atoms with van der Waals surface area (Å²) in [7, 11) is 0. The SMILES string of the molecule is CCOC(=O)CCCCCCSc1nc2cc(C(=O)NC3CC3)ccc2s1. The molecule has 1 fully saturated rings. The van der Waals surface area contributed by atoms with E-state index in [0.717, 1.165) is 58.8 Å². The minimum absolute atomic E-state index is 0.00409. The second-order valence-electron chi connectivity index (χ2n) is 6.73. The van der Waals surface area contributed by atoms with E-state index >= 15 is 0 Å². The van der Waals surface area contributed by atoms with Crippen LogP contribution in [0.2, 0.25) is 0 Å². The fourth-order valence-corrected chi connectivity index (χ4v) is 4.84. The smallest absolute Gasteiger partial charge is 0.305 e. The van der Waals surface area contributed by atoms with E-state index in [-0.39, 0.29) is 11.9 Å². The Balaban J connectivity index is 1.38. The van der Waals surface area contributed by atoms with Gasteiger partial charge in [-0.2, -0.15) is 0 Å². The van der Waals surface area contributed by atoms with E-state index in [1.807, 2.05) is 25.1 Å². The molecule has 1 saturated carbocycles. The van der Waals surface area contributed by atoms with E-state index in [4.69, 9.17) is 4.74 Å². The monoisotopic (exact) mass is 406 g/mol. The van der Waals surface area contributed by atoms with Crippen molar-refractivity contribution in [3.8, 4) is 0 Å². The molecule has 1 N–H and O–H groups in total. The standard InChI is InChI=1S/C20H26N2O3S2/c1-2-25-18(23)7-5-3-4-6-12-26-20-22-16-13-14(8-11-17(16)27-20)19(24)21-15-9-10-15/h8,11,13,15H,2-7,9-10,12H2,1H3,(H,21,24). The molecule has 5 nitrogen and oxygen atoms in total. The zero-order valence-corrected chi connectivity index (χ0v) is 17.3. The Labute approximate surface area is 168 Å². The van der Waals surface area contributed by atoms with Crippen molar-refractivity contribution in [2.75, 3.05) is 12.4 Å². The molecule has 2 aromatic rings. The maximum absolute atomic E-state index is 12.2. The molecule has 0 saturated heterocycles. The van der Waals surface area contributed by atoms with Crippen LogP contribution in [-0.4, -0.2) is 35.3 Å². The molecule has 27 heavy (non-hydrogen) atoms. The number of thiazole rings is 1. The van der Waals surface area contributed by atoms with Crippen LogP contribution < -0.4 is 5.32 Å². The number of unbranched alkanes of at least 4 members (excludes halogenated alkanes) is 3. The quantitative estimate of drug-likeness (QED) is 0.330.